The predicted molar refractivity (Wildman–Crippen MR) is 88.4 cm³/mol. The Hall–Kier alpha value is -0.620. The average molecular weight is 336 g/mol. The van der Waals surface area contributed by atoms with Gasteiger partial charge in [-0.05, 0) is 12.8 Å². The topological polar surface area (TPSA) is 80.7 Å². The van der Waals surface area contributed by atoms with Crippen molar-refractivity contribution in [3.63, 3.8) is 0 Å². The van der Waals surface area contributed by atoms with Gasteiger partial charge in [0.2, 0.25) is 0 Å². The monoisotopic (exact) mass is 336 g/mol. The maximum Gasteiger partial charge on any atom is 0.326 e. The third-order valence-corrected chi connectivity index (χ3v) is 4.83. The largest absolute Gasteiger partial charge is 0.465 e. The van der Waals surface area contributed by atoms with Crippen LogP contribution in [0.2, 0.25) is 0 Å². The van der Waals surface area contributed by atoms with Crippen LogP contribution in [-0.4, -0.2) is 30.8 Å². The van der Waals surface area contributed by atoms with Crippen LogP contribution >= 0.6 is 0 Å². The van der Waals surface area contributed by atoms with Gasteiger partial charge in [-0.3, -0.25) is 9.35 Å². The van der Waals surface area contributed by atoms with Gasteiger partial charge >= 0.3 is 5.97 Å². The molecule has 0 fully saturated rings. The molecule has 132 valence electrons. The average Bonchev–Trinajstić information content (AvgIpc) is 2.45. The molecule has 0 saturated carbocycles. The van der Waals surface area contributed by atoms with Gasteiger partial charge in [-0.1, -0.05) is 71.6 Å². The van der Waals surface area contributed by atoms with Crippen LogP contribution in [0.4, 0.5) is 0 Å². The van der Waals surface area contributed by atoms with Gasteiger partial charge in [0.15, 0.2) is 5.25 Å². The van der Waals surface area contributed by atoms with Gasteiger partial charge in [0.05, 0.1) is 6.61 Å². The van der Waals surface area contributed by atoms with E-state index in [9.17, 15) is 17.8 Å². The molecule has 0 amide bonds. The van der Waals surface area contributed by atoms with E-state index in [1.54, 1.807) is 0 Å². The third-order valence-electron chi connectivity index (χ3n) is 3.68. The zero-order valence-electron chi connectivity index (χ0n) is 14.1. The molecule has 0 aliphatic carbocycles. The van der Waals surface area contributed by atoms with Crippen LogP contribution in [0.5, 0.6) is 0 Å². The Kier molecular flexibility index (Phi) is 12.5. The number of hydrogen-bond acceptors (Lipinski definition) is 4. The molecule has 0 aromatic carbocycles. The Bertz CT molecular complexity index is 378. The number of carbonyl (C=O) groups excluding carboxylic acids is 1. The van der Waals surface area contributed by atoms with Gasteiger partial charge in [-0.25, -0.2) is 0 Å². The summed E-state index contributed by atoms with van der Waals surface area (Å²) in [4.78, 5) is 11.8. The molecule has 6 heteroatoms. The minimum atomic E-state index is -4.38. The van der Waals surface area contributed by atoms with Crippen molar-refractivity contribution in [3.05, 3.63) is 0 Å². The minimum Gasteiger partial charge on any atom is -0.465 e. The van der Waals surface area contributed by atoms with Crippen LogP contribution in [0.15, 0.2) is 0 Å². The molecule has 0 spiro atoms. The lowest BCUT2D eigenvalue weighted by atomic mass is 10.1. The second kappa shape index (κ2) is 12.9. The summed E-state index contributed by atoms with van der Waals surface area (Å²) in [5.74, 6) is -0.812. The van der Waals surface area contributed by atoms with E-state index in [2.05, 4.69) is 13.8 Å². The standard InChI is InChI=1S/C16H32O5S/c1-3-5-7-9-11-13-15(22(18,19)20)16(17)21-14-12-10-8-6-4-2/h15H,3-14H2,1-2H3,(H,18,19,20). The van der Waals surface area contributed by atoms with Crippen LogP contribution in [0.1, 0.15) is 84.5 Å². The molecular formula is C16H32O5S. The van der Waals surface area contributed by atoms with Crippen molar-refractivity contribution < 1.29 is 22.5 Å². The van der Waals surface area contributed by atoms with Gasteiger partial charge in [0, 0.05) is 0 Å². The molecule has 0 bridgehead atoms. The Balaban J connectivity index is 4.08. The Morgan fingerprint density at radius 2 is 1.41 bits per heavy atom. The summed E-state index contributed by atoms with van der Waals surface area (Å²) in [5, 5.41) is -1.43. The molecule has 22 heavy (non-hydrogen) atoms. The Morgan fingerprint density at radius 3 is 1.91 bits per heavy atom. The van der Waals surface area contributed by atoms with Gasteiger partial charge in [0.1, 0.15) is 0 Å². The highest BCUT2D eigenvalue weighted by atomic mass is 32.2. The zero-order valence-corrected chi connectivity index (χ0v) is 14.9. The van der Waals surface area contributed by atoms with E-state index in [0.29, 0.717) is 6.42 Å². The molecule has 1 N–H and O–H groups in total. The van der Waals surface area contributed by atoms with Gasteiger partial charge < -0.3 is 4.74 Å². The van der Waals surface area contributed by atoms with Crippen molar-refractivity contribution >= 4 is 16.1 Å². The lowest BCUT2D eigenvalue weighted by molar-refractivity contribution is -0.143. The lowest BCUT2D eigenvalue weighted by Gasteiger charge is -2.13. The van der Waals surface area contributed by atoms with E-state index < -0.39 is 21.3 Å². The molecule has 0 saturated heterocycles. The Labute approximate surface area is 135 Å². The fourth-order valence-corrected chi connectivity index (χ4v) is 3.07. The van der Waals surface area contributed by atoms with E-state index in [1.165, 1.54) is 0 Å². The third kappa shape index (κ3) is 11.0. The first-order valence-corrected chi connectivity index (χ1v) is 10.1. The summed E-state index contributed by atoms with van der Waals surface area (Å²) in [6.07, 6.45) is 9.91. The minimum absolute atomic E-state index is 0.136. The van der Waals surface area contributed by atoms with Crippen molar-refractivity contribution in [2.24, 2.45) is 0 Å². The lowest BCUT2D eigenvalue weighted by Crippen LogP contribution is -2.32. The van der Waals surface area contributed by atoms with E-state index >= 15 is 0 Å². The molecule has 1 unspecified atom stereocenters. The quantitative estimate of drug-likeness (QED) is 0.293. The second-order valence-corrected chi connectivity index (χ2v) is 7.39. The summed E-state index contributed by atoms with van der Waals surface area (Å²) in [6.45, 7) is 4.44. The van der Waals surface area contributed by atoms with E-state index in [1.807, 2.05) is 0 Å². The van der Waals surface area contributed by atoms with Gasteiger partial charge in [-0.2, -0.15) is 8.42 Å². The maximum atomic E-state index is 11.8. The van der Waals surface area contributed by atoms with Crippen LogP contribution in [0.25, 0.3) is 0 Å². The molecule has 0 radical (unpaired) electrons. The molecule has 5 nitrogen and oxygen atoms in total. The fourth-order valence-electron chi connectivity index (χ4n) is 2.29. The Morgan fingerprint density at radius 1 is 0.909 bits per heavy atom. The van der Waals surface area contributed by atoms with Crippen LogP contribution in [0, 0.1) is 0 Å². The highest BCUT2D eigenvalue weighted by molar-refractivity contribution is 7.87. The van der Waals surface area contributed by atoms with Crippen molar-refractivity contribution in [2.45, 2.75) is 89.7 Å². The summed E-state index contributed by atoms with van der Waals surface area (Å²) in [5.41, 5.74) is 0. The normalized spacial score (nSPS) is 13.0. The summed E-state index contributed by atoms with van der Waals surface area (Å²) < 4.78 is 36.8. The predicted octanol–water partition coefficient (Wildman–Crippen LogP) is 4.12. The number of unbranched alkanes of at least 4 members (excludes halogenated alkanes) is 8. The van der Waals surface area contributed by atoms with E-state index in [-0.39, 0.29) is 13.0 Å². The number of carbonyl (C=O) groups is 1. The molecule has 1 atom stereocenters. The first-order valence-electron chi connectivity index (χ1n) is 8.56. The molecule has 0 aromatic rings. The SMILES string of the molecule is CCCCCCCOC(=O)C(CCCCCCC)S(=O)(=O)O. The van der Waals surface area contributed by atoms with Gasteiger partial charge in [0.25, 0.3) is 10.1 Å². The van der Waals surface area contributed by atoms with Crippen molar-refractivity contribution in [3.8, 4) is 0 Å². The second-order valence-electron chi connectivity index (χ2n) is 5.79. The molecule has 0 aliphatic heterocycles. The van der Waals surface area contributed by atoms with E-state index in [4.69, 9.17) is 4.74 Å². The number of esters is 1. The highest BCUT2D eigenvalue weighted by Gasteiger charge is 2.31. The number of hydrogen-bond donors (Lipinski definition) is 1. The van der Waals surface area contributed by atoms with Gasteiger partial charge in [-0.15, -0.1) is 0 Å². The van der Waals surface area contributed by atoms with Crippen LogP contribution in [0.3, 0.4) is 0 Å². The number of ether oxygens (including phenoxy) is 1. The molecule has 0 aromatic heterocycles. The highest BCUT2D eigenvalue weighted by Crippen LogP contribution is 2.14. The van der Waals surface area contributed by atoms with Crippen molar-refractivity contribution in [2.75, 3.05) is 6.61 Å². The molecule has 0 aliphatic rings. The summed E-state index contributed by atoms with van der Waals surface area (Å²) >= 11 is 0. The van der Waals surface area contributed by atoms with Crippen LogP contribution < -0.4 is 0 Å². The van der Waals surface area contributed by atoms with E-state index in [0.717, 1.165) is 57.8 Å². The maximum absolute atomic E-state index is 11.8. The number of rotatable bonds is 14. The smallest absolute Gasteiger partial charge is 0.326 e. The molecule has 0 rings (SSSR count). The molecule has 0 heterocycles. The fraction of sp³-hybridized carbons (Fsp3) is 0.938. The van der Waals surface area contributed by atoms with Crippen molar-refractivity contribution in [1.29, 1.82) is 0 Å². The summed E-state index contributed by atoms with van der Waals surface area (Å²) in [7, 11) is -4.38. The summed E-state index contributed by atoms with van der Waals surface area (Å²) in [6, 6.07) is 0. The first kappa shape index (κ1) is 21.4. The van der Waals surface area contributed by atoms with Crippen LogP contribution in [-0.2, 0) is 19.6 Å². The zero-order chi connectivity index (χ0) is 16.8. The first-order chi connectivity index (χ1) is 10.4. The molecular weight excluding hydrogens is 304 g/mol. The van der Waals surface area contributed by atoms with Crippen molar-refractivity contribution in [1.82, 2.24) is 0 Å².